The fraction of sp³-hybridized carbons (Fsp3) is 0.400. The lowest BCUT2D eigenvalue weighted by Crippen LogP contribution is -2.32. The zero-order chi connectivity index (χ0) is 19.6. The molecule has 2 heterocycles. The van der Waals surface area contributed by atoms with E-state index in [1.807, 2.05) is 36.2 Å². The molecule has 1 aliphatic heterocycles. The second-order valence-electron chi connectivity index (χ2n) is 7.30. The van der Waals surface area contributed by atoms with Crippen LogP contribution >= 0.6 is 0 Å². The summed E-state index contributed by atoms with van der Waals surface area (Å²) >= 11 is 0. The van der Waals surface area contributed by atoms with E-state index >= 15 is 0 Å². The average molecular weight is 388 g/mol. The van der Waals surface area contributed by atoms with E-state index in [-0.39, 0.29) is 23.5 Å². The number of nitrogens with one attached hydrogen (secondary N) is 1. The van der Waals surface area contributed by atoms with Gasteiger partial charge in [-0.1, -0.05) is 26.0 Å². The van der Waals surface area contributed by atoms with Gasteiger partial charge in [0.1, 0.15) is 5.69 Å². The molecule has 1 aliphatic rings. The molecule has 0 aliphatic carbocycles. The summed E-state index contributed by atoms with van der Waals surface area (Å²) in [5.41, 5.74) is 3.06. The number of amides is 1. The predicted molar refractivity (Wildman–Crippen MR) is 108 cm³/mol. The molecule has 1 fully saturated rings. The van der Waals surface area contributed by atoms with E-state index in [1.54, 1.807) is 18.3 Å². The van der Waals surface area contributed by atoms with E-state index < -0.39 is 9.84 Å². The van der Waals surface area contributed by atoms with Crippen LogP contribution in [0.2, 0.25) is 0 Å². The van der Waals surface area contributed by atoms with Crippen molar-refractivity contribution in [3.05, 3.63) is 53.9 Å². The lowest BCUT2D eigenvalue weighted by Gasteiger charge is -2.25. The van der Waals surface area contributed by atoms with E-state index in [4.69, 9.17) is 0 Å². The first-order valence-corrected chi connectivity index (χ1v) is 10.9. The smallest absolute Gasteiger partial charge is 0.274 e. The number of sulfone groups is 1. The highest BCUT2D eigenvalue weighted by atomic mass is 32.2. The lowest BCUT2D eigenvalue weighted by atomic mass is 10.0. The summed E-state index contributed by atoms with van der Waals surface area (Å²) < 4.78 is 23.3. The van der Waals surface area contributed by atoms with Crippen LogP contribution in [0.3, 0.4) is 0 Å². The van der Waals surface area contributed by atoms with E-state index in [1.165, 1.54) is 5.56 Å². The number of rotatable bonds is 5. The highest BCUT2D eigenvalue weighted by molar-refractivity contribution is 7.91. The fourth-order valence-corrected chi connectivity index (χ4v) is 4.94. The number of pyridine rings is 1. The molecule has 3 rings (SSSR count). The maximum Gasteiger partial charge on any atom is 0.274 e. The number of carbonyl (C=O) groups is 1. The zero-order valence-electron chi connectivity index (χ0n) is 15.8. The van der Waals surface area contributed by atoms with Gasteiger partial charge in [0.15, 0.2) is 9.84 Å². The molecule has 2 aromatic rings. The molecule has 1 amide bonds. The molecule has 0 saturated carbocycles. The molecule has 1 unspecified atom stereocenters. The van der Waals surface area contributed by atoms with E-state index in [9.17, 15) is 13.2 Å². The third-order valence-corrected chi connectivity index (χ3v) is 6.73. The second-order valence-corrected chi connectivity index (χ2v) is 9.53. The SMILES string of the molecule is CC(C)c1ccc(NC(=O)c2ccc(N(C)C3CCS(=O)(=O)C3)cn2)cc1. The van der Waals surface area contributed by atoms with Crippen LogP contribution in [0.4, 0.5) is 11.4 Å². The molecular weight excluding hydrogens is 362 g/mol. The van der Waals surface area contributed by atoms with Gasteiger partial charge in [-0.05, 0) is 42.2 Å². The first-order valence-electron chi connectivity index (χ1n) is 9.06. The Balaban J connectivity index is 1.65. The molecule has 1 aromatic heterocycles. The first kappa shape index (κ1) is 19.4. The van der Waals surface area contributed by atoms with Crippen LogP contribution in [0, 0.1) is 0 Å². The third-order valence-electron chi connectivity index (χ3n) is 4.98. The molecule has 27 heavy (non-hydrogen) atoms. The van der Waals surface area contributed by atoms with Gasteiger partial charge in [0.05, 0.1) is 23.4 Å². The Bertz CT molecular complexity index is 906. The monoisotopic (exact) mass is 387 g/mol. The highest BCUT2D eigenvalue weighted by Crippen LogP contribution is 2.23. The van der Waals surface area contributed by atoms with Crippen molar-refractivity contribution in [2.24, 2.45) is 0 Å². The van der Waals surface area contributed by atoms with Gasteiger partial charge in [0.25, 0.3) is 5.91 Å². The molecule has 1 N–H and O–H groups in total. The van der Waals surface area contributed by atoms with Gasteiger partial charge in [0.2, 0.25) is 0 Å². The average Bonchev–Trinajstić information content (AvgIpc) is 3.01. The summed E-state index contributed by atoms with van der Waals surface area (Å²) in [6, 6.07) is 11.2. The minimum absolute atomic E-state index is 0.0454. The number of hydrogen-bond acceptors (Lipinski definition) is 5. The summed E-state index contributed by atoms with van der Waals surface area (Å²) in [4.78, 5) is 18.6. The van der Waals surface area contributed by atoms with Crippen molar-refractivity contribution in [3.8, 4) is 0 Å². The van der Waals surface area contributed by atoms with E-state index in [0.29, 0.717) is 18.0 Å². The summed E-state index contributed by atoms with van der Waals surface area (Å²) in [5.74, 6) is 0.560. The molecule has 1 aromatic carbocycles. The topological polar surface area (TPSA) is 79.4 Å². The van der Waals surface area contributed by atoms with Crippen LogP contribution in [0.5, 0.6) is 0 Å². The Morgan fingerprint density at radius 1 is 1.19 bits per heavy atom. The van der Waals surface area contributed by atoms with Crippen LogP contribution in [-0.2, 0) is 9.84 Å². The molecule has 7 heteroatoms. The van der Waals surface area contributed by atoms with Gasteiger partial charge in [-0.2, -0.15) is 0 Å². The van der Waals surface area contributed by atoms with Crippen molar-refractivity contribution in [1.29, 1.82) is 0 Å². The van der Waals surface area contributed by atoms with Crippen LogP contribution in [0.15, 0.2) is 42.6 Å². The van der Waals surface area contributed by atoms with Gasteiger partial charge in [-0.25, -0.2) is 13.4 Å². The minimum atomic E-state index is -2.94. The van der Waals surface area contributed by atoms with Crippen LogP contribution < -0.4 is 10.2 Å². The maximum absolute atomic E-state index is 12.4. The van der Waals surface area contributed by atoms with Gasteiger partial charge in [0, 0.05) is 18.8 Å². The summed E-state index contributed by atoms with van der Waals surface area (Å²) in [7, 11) is -1.08. The minimum Gasteiger partial charge on any atom is -0.369 e. The largest absolute Gasteiger partial charge is 0.369 e. The third kappa shape index (κ3) is 4.66. The maximum atomic E-state index is 12.4. The van der Waals surface area contributed by atoms with E-state index in [0.717, 1.165) is 11.4 Å². The van der Waals surface area contributed by atoms with Crippen molar-refractivity contribution < 1.29 is 13.2 Å². The number of aromatic nitrogens is 1. The zero-order valence-corrected chi connectivity index (χ0v) is 16.7. The molecule has 144 valence electrons. The van der Waals surface area contributed by atoms with Crippen LogP contribution in [0.25, 0.3) is 0 Å². The second kappa shape index (κ2) is 7.68. The normalized spacial score (nSPS) is 18.4. The molecule has 0 radical (unpaired) electrons. The molecule has 0 bridgehead atoms. The number of nitrogens with zero attached hydrogens (tertiary/aromatic N) is 2. The standard InChI is InChI=1S/C20H25N3O3S/c1-14(2)15-4-6-16(7-5-15)22-20(24)19-9-8-17(12-21-19)23(3)18-10-11-27(25,26)13-18/h4-9,12,14,18H,10-11,13H2,1-3H3,(H,22,24). The van der Waals surface area contributed by atoms with Crippen molar-refractivity contribution in [2.45, 2.75) is 32.2 Å². The number of benzene rings is 1. The molecule has 0 spiro atoms. The predicted octanol–water partition coefficient (Wildman–Crippen LogP) is 3.08. The van der Waals surface area contributed by atoms with Gasteiger partial charge in [-0.3, -0.25) is 4.79 Å². The van der Waals surface area contributed by atoms with Crippen LogP contribution in [0.1, 0.15) is 42.2 Å². The van der Waals surface area contributed by atoms with Crippen molar-refractivity contribution >= 4 is 27.1 Å². The van der Waals surface area contributed by atoms with Crippen molar-refractivity contribution in [1.82, 2.24) is 4.98 Å². The van der Waals surface area contributed by atoms with Crippen molar-refractivity contribution in [3.63, 3.8) is 0 Å². The van der Waals surface area contributed by atoms with Gasteiger partial charge >= 0.3 is 0 Å². The summed E-state index contributed by atoms with van der Waals surface area (Å²) in [6.07, 6.45) is 2.23. The Morgan fingerprint density at radius 2 is 1.89 bits per heavy atom. The number of carbonyl (C=O) groups excluding carboxylic acids is 1. The first-order chi connectivity index (χ1) is 12.7. The lowest BCUT2D eigenvalue weighted by molar-refractivity contribution is 0.102. The Kier molecular flexibility index (Phi) is 5.51. The fourth-order valence-electron chi connectivity index (χ4n) is 3.17. The summed E-state index contributed by atoms with van der Waals surface area (Å²) in [5, 5.41) is 2.84. The number of anilines is 2. The Labute approximate surface area is 160 Å². The Hall–Kier alpha value is -2.41. The highest BCUT2D eigenvalue weighted by Gasteiger charge is 2.30. The molecular formula is C20H25N3O3S. The Morgan fingerprint density at radius 3 is 2.41 bits per heavy atom. The van der Waals surface area contributed by atoms with Crippen LogP contribution in [-0.4, -0.2) is 43.9 Å². The van der Waals surface area contributed by atoms with Gasteiger partial charge in [-0.15, -0.1) is 0 Å². The van der Waals surface area contributed by atoms with Crippen molar-refractivity contribution in [2.75, 3.05) is 28.8 Å². The molecule has 1 atom stereocenters. The molecule has 1 saturated heterocycles. The summed E-state index contributed by atoms with van der Waals surface area (Å²) in [6.45, 7) is 4.24. The van der Waals surface area contributed by atoms with Gasteiger partial charge < -0.3 is 10.2 Å². The quantitative estimate of drug-likeness (QED) is 0.853. The van der Waals surface area contributed by atoms with E-state index in [2.05, 4.69) is 24.1 Å². The molecule has 6 nitrogen and oxygen atoms in total. The number of hydrogen-bond donors (Lipinski definition) is 1.